The molecule has 1 aromatic carbocycles. The molecule has 1 saturated heterocycles. The van der Waals surface area contributed by atoms with Gasteiger partial charge in [-0.25, -0.2) is 4.79 Å². The van der Waals surface area contributed by atoms with Crippen molar-refractivity contribution in [3.63, 3.8) is 0 Å². The minimum Gasteiger partial charge on any atom is -0.444 e. The zero-order valence-electron chi connectivity index (χ0n) is 19.5. The standard InChI is InChI=1S/C24H32N4O4S/c1-24(2,3)32-23(31)25-7-8-27-9-11-28(12-10-27)22(30)16-4-5-20-18(14-16)17-6-13-33-15-19(17)21(29)26-20/h4-5,14H,6-13,15H2,1-3H3,(H,25,31)(H,26,29). The summed E-state index contributed by atoms with van der Waals surface area (Å²) in [4.78, 5) is 44.4. The number of fused-ring (bicyclic) bond motifs is 3. The van der Waals surface area contributed by atoms with Crippen molar-refractivity contribution in [2.45, 2.75) is 38.5 Å². The summed E-state index contributed by atoms with van der Waals surface area (Å²) < 4.78 is 5.25. The van der Waals surface area contributed by atoms with Gasteiger partial charge in [0.1, 0.15) is 5.60 Å². The second kappa shape index (κ2) is 9.77. The Morgan fingerprint density at radius 1 is 1.15 bits per heavy atom. The predicted octanol–water partition coefficient (Wildman–Crippen LogP) is 2.60. The minimum absolute atomic E-state index is 0.0129. The maximum Gasteiger partial charge on any atom is 0.407 e. The number of aromatic nitrogens is 1. The quantitative estimate of drug-likeness (QED) is 0.710. The molecule has 0 saturated carbocycles. The number of nitrogens with one attached hydrogen (secondary N) is 2. The zero-order valence-corrected chi connectivity index (χ0v) is 20.3. The van der Waals surface area contributed by atoms with Gasteiger partial charge >= 0.3 is 6.09 Å². The molecule has 2 aromatic rings. The van der Waals surface area contributed by atoms with Crippen molar-refractivity contribution in [3.8, 4) is 0 Å². The Morgan fingerprint density at radius 2 is 1.91 bits per heavy atom. The number of piperazine rings is 1. The van der Waals surface area contributed by atoms with Crippen LogP contribution in [0.2, 0.25) is 0 Å². The van der Waals surface area contributed by atoms with E-state index in [-0.39, 0.29) is 11.5 Å². The highest BCUT2D eigenvalue weighted by atomic mass is 32.2. The van der Waals surface area contributed by atoms with Crippen LogP contribution in [0.3, 0.4) is 0 Å². The summed E-state index contributed by atoms with van der Waals surface area (Å²) in [6, 6.07) is 5.60. The fourth-order valence-electron chi connectivity index (χ4n) is 4.31. The molecular weight excluding hydrogens is 440 g/mol. The van der Waals surface area contributed by atoms with Crippen molar-refractivity contribution < 1.29 is 14.3 Å². The molecule has 4 rings (SSSR count). The first-order valence-corrected chi connectivity index (χ1v) is 12.6. The van der Waals surface area contributed by atoms with E-state index in [1.54, 1.807) is 11.8 Å². The molecule has 1 fully saturated rings. The first kappa shape index (κ1) is 23.6. The van der Waals surface area contributed by atoms with Gasteiger partial charge in [-0.1, -0.05) is 0 Å². The van der Waals surface area contributed by atoms with Crippen LogP contribution in [0.1, 0.15) is 42.3 Å². The van der Waals surface area contributed by atoms with Crippen molar-refractivity contribution >= 4 is 34.7 Å². The number of rotatable bonds is 4. The monoisotopic (exact) mass is 472 g/mol. The Balaban J connectivity index is 1.35. The predicted molar refractivity (Wildman–Crippen MR) is 131 cm³/mol. The summed E-state index contributed by atoms with van der Waals surface area (Å²) in [5.74, 6) is 1.74. The minimum atomic E-state index is -0.508. The first-order chi connectivity index (χ1) is 15.7. The summed E-state index contributed by atoms with van der Waals surface area (Å²) in [5.41, 5.74) is 2.87. The molecule has 9 heteroatoms. The Morgan fingerprint density at radius 3 is 2.64 bits per heavy atom. The fourth-order valence-corrected chi connectivity index (χ4v) is 5.31. The third kappa shape index (κ3) is 5.70. The number of carbonyl (C=O) groups is 2. The molecule has 0 atom stereocenters. The number of amides is 2. The number of carbonyl (C=O) groups excluding carboxylic acids is 2. The summed E-state index contributed by atoms with van der Waals surface area (Å²) in [6.45, 7) is 9.55. The maximum absolute atomic E-state index is 13.2. The van der Waals surface area contributed by atoms with Crippen LogP contribution in [0, 0.1) is 0 Å². The third-order valence-electron chi connectivity index (χ3n) is 5.98. The third-order valence-corrected chi connectivity index (χ3v) is 6.96. The van der Waals surface area contributed by atoms with E-state index < -0.39 is 11.7 Å². The second-order valence-corrected chi connectivity index (χ2v) is 10.6. The molecular formula is C24H32N4O4S. The van der Waals surface area contributed by atoms with Gasteiger partial charge in [-0.05, 0) is 56.7 Å². The molecule has 33 heavy (non-hydrogen) atoms. The van der Waals surface area contributed by atoms with Crippen molar-refractivity contribution in [1.29, 1.82) is 0 Å². The molecule has 0 radical (unpaired) electrons. The number of thioether (sulfide) groups is 1. The van der Waals surface area contributed by atoms with Crippen LogP contribution < -0.4 is 10.9 Å². The molecule has 0 aliphatic carbocycles. The van der Waals surface area contributed by atoms with Gasteiger partial charge < -0.3 is 19.9 Å². The largest absolute Gasteiger partial charge is 0.444 e. The number of H-pyrrole nitrogens is 1. The molecule has 2 N–H and O–H groups in total. The van der Waals surface area contributed by atoms with E-state index in [2.05, 4.69) is 15.2 Å². The van der Waals surface area contributed by atoms with E-state index in [4.69, 9.17) is 4.74 Å². The maximum atomic E-state index is 13.2. The number of pyridine rings is 1. The zero-order chi connectivity index (χ0) is 23.6. The summed E-state index contributed by atoms with van der Waals surface area (Å²) in [6.07, 6.45) is 0.448. The molecule has 0 unspecified atom stereocenters. The van der Waals surface area contributed by atoms with E-state index >= 15 is 0 Å². The number of nitrogens with zero attached hydrogens (tertiary/aromatic N) is 2. The van der Waals surface area contributed by atoms with Crippen molar-refractivity contribution in [2.24, 2.45) is 0 Å². The molecule has 0 bridgehead atoms. The molecule has 2 aliphatic rings. The van der Waals surface area contributed by atoms with Gasteiger partial charge in [-0.15, -0.1) is 0 Å². The number of aromatic amines is 1. The lowest BCUT2D eigenvalue weighted by molar-refractivity contribution is 0.0513. The molecule has 2 aliphatic heterocycles. The van der Waals surface area contributed by atoms with Crippen molar-refractivity contribution in [1.82, 2.24) is 20.1 Å². The van der Waals surface area contributed by atoms with E-state index in [9.17, 15) is 14.4 Å². The summed E-state index contributed by atoms with van der Waals surface area (Å²) in [7, 11) is 0. The van der Waals surface area contributed by atoms with Gasteiger partial charge in [0.05, 0.1) is 0 Å². The van der Waals surface area contributed by atoms with Gasteiger partial charge in [0.2, 0.25) is 0 Å². The van der Waals surface area contributed by atoms with Crippen LogP contribution in [-0.2, 0) is 16.9 Å². The smallest absolute Gasteiger partial charge is 0.407 e. The average Bonchev–Trinajstić information content (AvgIpc) is 2.78. The number of hydrogen-bond acceptors (Lipinski definition) is 6. The number of hydrogen-bond donors (Lipinski definition) is 2. The highest BCUT2D eigenvalue weighted by molar-refractivity contribution is 7.98. The van der Waals surface area contributed by atoms with E-state index in [1.165, 1.54) is 0 Å². The lowest BCUT2D eigenvalue weighted by Crippen LogP contribution is -2.50. The first-order valence-electron chi connectivity index (χ1n) is 11.5. The van der Waals surface area contributed by atoms with E-state index in [0.29, 0.717) is 25.2 Å². The van der Waals surface area contributed by atoms with Crippen LogP contribution in [-0.4, -0.2) is 77.4 Å². The number of alkyl carbamates (subject to hydrolysis) is 1. The van der Waals surface area contributed by atoms with E-state index in [1.807, 2.05) is 43.9 Å². The topological polar surface area (TPSA) is 94.7 Å². The Labute approximate surface area is 198 Å². The lowest BCUT2D eigenvalue weighted by Gasteiger charge is -2.34. The molecule has 178 valence electrons. The Kier molecular flexibility index (Phi) is 6.99. The van der Waals surface area contributed by atoms with Crippen LogP contribution in [0.4, 0.5) is 4.79 Å². The molecule has 0 spiro atoms. The SMILES string of the molecule is CC(C)(C)OC(=O)NCCN1CCN(C(=O)c2ccc3[nH]c(=O)c4c(c3c2)CCSC4)CC1. The van der Waals surface area contributed by atoms with Gasteiger partial charge in [0, 0.05) is 67.1 Å². The number of aryl methyl sites for hydroxylation is 1. The van der Waals surface area contributed by atoms with Gasteiger partial charge in [-0.2, -0.15) is 11.8 Å². The molecule has 1 aromatic heterocycles. The molecule has 8 nitrogen and oxygen atoms in total. The normalized spacial score (nSPS) is 17.0. The van der Waals surface area contributed by atoms with E-state index in [0.717, 1.165) is 59.6 Å². The summed E-state index contributed by atoms with van der Waals surface area (Å²) >= 11 is 1.77. The highest BCUT2D eigenvalue weighted by Gasteiger charge is 2.24. The van der Waals surface area contributed by atoms with Crippen LogP contribution >= 0.6 is 11.8 Å². The van der Waals surface area contributed by atoms with Crippen LogP contribution in [0.25, 0.3) is 10.9 Å². The van der Waals surface area contributed by atoms with Crippen molar-refractivity contribution in [3.05, 3.63) is 45.2 Å². The Bertz CT molecular complexity index is 1100. The molecule has 2 amide bonds. The van der Waals surface area contributed by atoms with Gasteiger partial charge in [-0.3, -0.25) is 14.5 Å². The lowest BCUT2D eigenvalue weighted by atomic mass is 9.99. The highest BCUT2D eigenvalue weighted by Crippen LogP contribution is 2.28. The number of ether oxygens (including phenoxy) is 1. The van der Waals surface area contributed by atoms with Crippen LogP contribution in [0.15, 0.2) is 23.0 Å². The second-order valence-electron chi connectivity index (χ2n) is 9.54. The summed E-state index contributed by atoms with van der Waals surface area (Å²) in [5, 5.41) is 3.77. The fraction of sp³-hybridized carbons (Fsp3) is 0.542. The van der Waals surface area contributed by atoms with Crippen molar-refractivity contribution in [2.75, 3.05) is 45.0 Å². The Hall–Kier alpha value is -2.52. The molecule has 3 heterocycles. The van der Waals surface area contributed by atoms with Gasteiger partial charge in [0.25, 0.3) is 11.5 Å². The van der Waals surface area contributed by atoms with Gasteiger partial charge in [0.15, 0.2) is 0 Å². The average molecular weight is 473 g/mol. The van der Waals surface area contributed by atoms with Crippen LogP contribution in [0.5, 0.6) is 0 Å². The number of benzene rings is 1.